The molecular weight excluding hydrogens is 652 g/mol. The van der Waals surface area contributed by atoms with Gasteiger partial charge >= 0.3 is 0 Å². The van der Waals surface area contributed by atoms with Crippen molar-refractivity contribution in [2.24, 2.45) is 0 Å². The van der Waals surface area contributed by atoms with Crippen molar-refractivity contribution in [2.45, 2.75) is 26.4 Å². The van der Waals surface area contributed by atoms with Gasteiger partial charge in [0.15, 0.2) is 0 Å². The molecule has 0 saturated heterocycles. The van der Waals surface area contributed by atoms with Gasteiger partial charge in [-0.25, -0.2) is 15.0 Å². The summed E-state index contributed by atoms with van der Waals surface area (Å²) >= 11 is 6.54. The molecule has 0 aliphatic carbocycles. The van der Waals surface area contributed by atoms with E-state index in [1.807, 2.05) is 73.7 Å². The number of pyridine rings is 2. The maximum Gasteiger partial charge on any atom is 0.291 e. The van der Waals surface area contributed by atoms with Crippen LogP contribution in [0.2, 0.25) is 5.02 Å². The number of para-hydroxylation sites is 1. The lowest BCUT2D eigenvalue weighted by Gasteiger charge is -2.15. The minimum atomic E-state index is -0.738. The molecule has 0 aliphatic heterocycles. The maximum absolute atomic E-state index is 13.2. The first kappa shape index (κ1) is 32.4. The quantitative estimate of drug-likeness (QED) is 0.0967. The van der Waals surface area contributed by atoms with E-state index in [0.717, 1.165) is 33.1 Å². The maximum atomic E-state index is 13.2. The molecule has 3 heterocycles. The molecule has 0 saturated carbocycles. The Bertz CT molecular complexity index is 2370. The topological polar surface area (TPSA) is 128 Å². The molecule has 0 atom stereocenters. The molecule has 0 spiro atoms. The van der Waals surface area contributed by atoms with Crippen molar-refractivity contribution in [3.05, 3.63) is 126 Å². The molecule has 3 aromatic heterocycles. The summed E-state index contributed by atoms with van der Waals surface area (Å²) < 4.78 is 11.7. The number of anilines is 3. The Morgan fingerprint density at radius 2 is 1.64 bits per heavy atom. The van der Waals surface area contributed by atoms with Gasteiger partial charge in [-0.2, -0.15) is 0 Å². The van der Waals surface area contributed by atoms with Gasteiger partial charge in [-0.05, 0) is 79.6 Å². The Balaban J connectivity index is 1.06. The number of fused-ring (bicyclic) bond motifs is 3. The number of ether oxygens (including phenoxy) is 2. The highest BCUT2D eigenvalue weighted by atomic mass is 35.5. The van der Waals surface area contributed by atoms with Gasteiger partial charge in [-0.3, -0.25) is 14.6 Å². The summed E-state index contributed by atoms with van der Waals surface area (Å²) in [4.78, 5) is 44.0. The van der Waals surface area contributed by atoms with Crippen LogP contribution >= 0.6 is 11.6 Å². The van der Waals surface area contributed by atoms with Gasteiger partial charge in [0.25, 0.3) is 5.91 Å². The smallest absolute Gasteiger partial charge is 0.291 e. The SMILES string of the molecule is CCOc1cc2ncnc(Nc3ccc(OCc4ccccn4)c(Cl)c3)c2cc1NC(=O)C(=O)CCc1ccc2nc3ccccc3cc2c1. The fourth-order valence-corrected chi connectivity index (χ4v) is 5.81. The number of nitrogens with one attached hydrogen (secondary N) is 2. The first-order valence-corrected chi connectivity index (χ1v) is 16.4. The van der Waals surface area contributed by atoms with Crippen LogP contribution in [-0.2, 0) is 22.6 Å². The second-order valence-electron chi connectivity index (χ2n) is 11.5. The van der Waals surface area contributed by atoms with Crippen molar-refractivity contribution in [3.63, 3.8) is 0 Å². The van der Waals surface area contributed by atoms with Gasteiger partial charge < -0.3 is 20.1 Å². The zero-order chi connectivity index (χ0) is 34.5. The van der Waals surface area contributed by atoms with Crippen LogP contribution in [-0.4, -0.2) is 38.2 Å². The number of amides is 1. The number of hydrogen-bond acceptors (Lipinski definition) is 9. The van der Waals surface area contributed by atoms with Crippen LogP contribution in [0.4, 0.5) is 17.2 Å². The van der Waals surface area contributed by atoms with Crippen molar-refractivity contribution >= 4 is 73.2 Å². The number of aromatic nitrogens is 4. The normalized spacial score (nSPS) is 11.1. The van der Waals surface area contributed by atoms with E-state index in [9.17, 15) is 9.59 Å². The summed E-state index contributed by atoms with van der Waals surface area (Å²) in [5.74, 6) is 0.0805. The molecule has 0 unspecified atom stereocenters. The monoisotopic (exact) mass is 682 g/mol. The lowest BCUT2D eigenvalue weighted by Crippen LogP contribution is -2.23. The number of carbonyl (C=O) groups is 2. The summed E-state index contributed by atoms with van der Waals surface area (Å²) in [6.45, 7) is 2.46. The summed E-state index contributed by atoms with van der Waals surface area (Å²) in [5.41, 5.74) is 5.09. The molecule has 0 fully saturated rings. The van der Waals surface area contributed by atoms with Crippen molar-refractivity contribution in [1.82, 2.24) is 19.9 Å². The molecule has 10 nitrogen and oxygen atoms in total. The van der Waals surface area contributed by atoms with Crippen molar-refractivity contribution in [1.29, 1.82) is 0 Å². The molecule has 50 heavy (non-hydrogen) atoms. The highest BCUT2D eigenvalue weighted by Crippen LogP contribution is 2.35. The third-order valence-corrected chi connectivity index (χ3v) is 8.35. The Hall–Kier alpha value is -6.13. The van der Waals surface area contributed by atoms with Gasteiger partial charge in [0.1, 0.15) is 30.3 Å². The molecule has 2 N–H and O–H groups in total. The predicted molar refractivity (Wildman–Crippen MR) is 195 cm³/mol. The minimum Gasteiger partial charge on any atom is -0.492 e. The van der Waals surface area contributed by atoms with Crippen LogP contribution in [0.25, 0.3) is 32.7 Å². The molecule has 4 aromatic carbocycles. The zero-order valence-electron chi connectivity index (χ0n) is 27.0. The average Bonchev–Trinajstić information content (AvgIpc) is 3.13. The zero-order valence-corrected chi connectivity index (χ0v) is 27.8. The second kappa shape index (κ2) is 14.6. The Labute approximate surface area is 292 Å². The van der Waals surface area contributed by atoms with Crippen molar-refractivity contribution < 1.29 is 19.1 Å². The van der Waals surface area contributed by atoms with Gasteiger partial charge in [0.05, 0.1) is 39.6 Å². The average molecular weight is 683 g/mol. The lowest BCUT2D eigenvalue weighted by atomic mass is 10.0. The Kier molecular flexibility index (Phi) is 9.43. The van der Waals surface area contributed by atoms with Gasteiger partial charge in [-0.15, -0.1) is 0 Å². The Morgan fingerprint density at radius 3 is 2.48 bits per heavy atom. The molecule has 0 bridgehead atoms. The first-order valence-electron chi connectivity index (χ1n) is 16.1. The predicted octanol–water partition coefficient (Wildman–Crippen LogP) is 8.24. The van der Waals surface area contributed by atoms with E-state index in [1.54, 1.807) is 30.5 Å². The third kappa shape index (κ3) is 7.30. The molecule has 0 radical (unpaired) electrons. The molecule has 11 heteroatoms. The van der Waals surface area contributed by atoms with Crippen LogP contribution in [0, 0.1) is 0 Å². The standard InChI is InChI=1S/C39H31ClN6O4/c1-2-49-37-21-33-29(38(43-23-42-33)44-27-12-15-36(30(40)19-27)50-22-28-8-5-6-16-41-28)20-34(37)46-39(48)35(47)14-11-24-10-13-32-26(17-24)18-25-7-3-4-9-31(25)45-32/h3-10,12-13,15-21,23H,2,11,14,22H2,1H3,(H,46,48)(H,42,43,44). The first-order chi connectivity index (χ1) is 24.4. The number of halogens is 1. The van der Waals surface area contributed by atoms with Crippen LogP contribution < -0.4 is 20.1 Å². The summed E-state index contributed by atoms with van der Waals surface area (Å²) in [7, 11) is 0. The number of carbonyl (C=O) groups excluding carboxylic acids is 2. The van der Waals surface area contributed by atoms with Crippen LogP contribution in [0.15, 0.2) is 110 Å². The number of Topliss-reactive ketones (excluding diaryl/α,β-unsaturated/α-hetero) is 1. The number of benzene rings is 4. The number of nitrogens with zero attached hydrogens (tertiary/aromatic N) is 4. The second-order valence-corrected chi connectivity index (χ2v) is 11.9. The lowest BCUT2D eigenvalue weighted by molar-refractivity contribution is -0.134. The fraction of sp³-hybridized carbons (Fsp3) is 0.128. The van der Waals surface area contributed by atoms with E-state index < -0.39 is 11.7 Å². The van der Waals surface area contributed by atoms with E-state index in [1.165, 1.54) is 6.33 Å². The molecule has 248 valence electrons. The molecular formula is C39H31ClN6O4. The summed E-state index contributed by atoms with van der Waals surface area (Å²) in [6, 6.07) is 30.2. The minimum absolute atomic E-state index is 0.0359. The van der Waals surface area contributed by atoms with Crippen LogP contribution in [0.1, 0.15) is 24.6 Å². The molecule has 0 aliphatic rings. The number of ketones is 1. The number of rotatable bonds is 12. The van der Waals surface area contributed by atoms with E-state index in [0.29, 0.717) is 57.6 Å². The van der Waals surface area contributed by atoms with Crippen molar-refractivity contribution in [2.75, 3.05) is 17.2 Å². The highest BCUT2D eigenvalue weighted by molar-refractivity contribution is 6.40. The highest BCUT2D eigenvalue weighted by Gasteiger charge is 2.19. The largest absolute Gasteiger partial charge is 0.492 e. The van der Waals surface area contributed by atoms with E-state index in [4.69, 9.17) is 26.1 Å². The van der Waals surface area contributed by atoms with Crippen LogP contribution in [0.5, 0.6) is 11.5 Å². The van der Waals surface area contributed by atoms with E-state index in [2.05, 4.69) is 31.7 Å². The number of hydrogen-bond donors (Lipinski definition) is 2. The molecule has 7 aromatic rings. The van der Waals surface area contributed by atoms with Crippen LogP contribution in [0.3, 0.4) is 0 Å². The van der Waals surface area contributed by atoms with Gasteiger partial charge in [-0.1, -0.05) is 41.9 Å². The van der Waals surface area contributed by atoms with Crippen molar-refractivity contribution in [3.8, 4) is 11.5 Å². The summed E-state index contributed by atoms with van der Waals surface area (Å²) in [5, 5.41) is 9.06. The van der Waals surface area contributed by atoms with Gasteiger partial charge in [0.2, 0.25) is 5.78 Å². The third-order valence-electron chi connectivity index (χ3n) is 8.06. The van der Waals surface area contributed by atoms with E-state index in [-0.39, 0.29) is 13.0 Å². The van der Waals surface area contributed by atoms with Gasteiger partial charge in [0, 0.05) is 40.5 Å². The number of aryl methyl sites for hydroxylation is 1. The summed E-state index contributed by atoms with van der Waals surface area (Å²) in [6.07, 6.45) is 3.58. The fourth-order valence-electron chi connectivity index (χ4n) is 5.57. The van der Waals surface area contributed by atoms with E-state index >= 15 is 0 Å². The molecule has 7 rings (SSSR count). The molecule has 1 amide bonds. The Morgan fingerprint density at radius 1 is 0.780 bits per heavy atom.